The number of nitrogens with zero attached hydrogens (tertiary/aromatic N) is 1. The maximum absolute atomic E-state index is 10.5. The maximum atomic E-state index is 10.5. The second-order valence-corrected chi connectivity index (χ2v) is 4.23. The number of imidazole rings is 1. The standard InChI is InChI=1S/C15H16N2O3/c1-3-20-12-6-4-5-11(9-12)15-16-10(2)13(17-15)7-8-14(18)19/h4-9H,3H2,1-2H3,(H,16,17)(H,18,19)/b8-7+. The van der Waals surface area contributed by atoms with Crippen molar-refractivity contribution < 1.29 is 14.6 Å². The predicted molar refractivity (Wildman–Crippen MR) is 76.6 cm³/mol. The van der Waals surface area contributed by atoms with E-state index in [1.165, 1.54) is 6.08 Å². The van der Waals surface area contributed by atoms with Crippen LogP contribution in [0, 0.1) is 6.92 Å². The molecule has 1 aromatic heterocycles. The molecule has 2 rings (SSSR count). The van der Waals surface area contributed by atoms with Gasteiger partial charge in [-0.15, -0.1) is 0 Å². The second-order valence-electron chi connectivity index (χ2n) is 4.23. The van der Waals surface area contributed by atoms with Crippen molar-refractivity contribution in [3.63, 3.8) is 0 Å². The van der Waals surface area contributed by atoms with Gasteiger partial charge in [0.15, 0.2) is 0 Å². The molecule has 2 N–H and O–H groups in total. The molecule has 0 amide bonds. The molecule has 0 fully saturated rings. The molecule has 0 aliphatic heterocycles. The summed E-state index contributed by atoms with van der Waals surface area (Å²) < 4.78 is 5.45. The Morgan fingerprint density at radius 1 is 1.50 bits per heavy atom. The summed E-state index contributed by atoms with van der Waals surface area (Å²) in [6.45, 7) is 4.39. The van der Waals surface area contributed by atoms with Crippen LogP contribution < -0.4 is 4.74 Å². The zero-order valence-electron chi connectivity index (χ0n) is 11.4. The molecule has 1 aromatic carbocycles. The minimum absolute atomic E-state index is 0.604. The van der Waals surface area contributed by atoms with E-state index in [0.717, 1.165) is 23.1 Å². The van der Waals surface area contributed by atoms with Crippen LogP contribution in [0.4, 0.5) is 0 Å². The first kappa shape index (κ1) is 13.9. The monoisotopic (exact) mass is 272 g/mol. The highest BCUT2D eigenvalue weighted by Gasteiger charge is 2.07. The van der Waals surface area contributed by atoms with E-state index in [1.807, 2.05) is 38.1 Å². The van der Waals surface area contributed by atoms with Crippen molar-refractivity contribution in [2.75, 3.05) is 6.61 Å². The van der Waals surface area contributed by atoms with Gasteiger partial charge in [-0.2, -0.15) is 0 Å². The topological polar surface area (TPSA) is 75.2 Å². The van der Waals surface area contributed by atoms with Gasteiger partial charge in [0.1, 0.15) is 11.6 Å². The molecule has 5 nitrogen and oxygen atoms in total. The fourth-order valence-corrected chi connectivity index (χ4v) is 1.82. The lowest BCUT2D eigenvalue weighted by Gasteiger charge is -2.03. The zero-order valence-corrected chi connectivity index (χ0v) is 11.4. The Hall–Kier alpha value is -2.56. The van der Waals surface area contributed by atoms with Crippen LogP contribution in [0.2, 0.25) is 0 Å². The van der Waals surface area contributed by atoms with Crippen LogP contribution in [0.5, 0.6) is 5.75 Å². The molecule has 0 saturated heterocycles. The quantitative estimate of drug-likeness (QED) is 0.821. The van der Waals surface area contributed by atoms with E-state index >= 15 is 0 Å². The third kappa shape index (κ3) is 3.26. The highest BCUT2D eigenvalue weighted by Crippen LogP contribution is 2.23. The number of carboxylic acids is 1. The lowest BCUT2D eigenvalue weighted by atomic mass is 10.2. The number of aromatic nitrogens is 2. The molecule has 0 atom stereocenters. The number of aryl methyl sites for hydroxylation is 1. The van der Waals surface area contributed by atoms with E-state index in [9.17, 15) is 4.79 Å². The molecule has 1 heterocycles. The summed E-state index contributed by atoms with van der Waals surface area (Å²) in [5, 5.41) is 8.64. The Balaban J connectivity index is 2.31. The van der Waals surface area contributed by atoms with Crippen molar-refractivity contribution in [3.05, 3.63) is 41.7 Å². The lowest BCUT2D eigenvalue weighted by Crippen LogP contribution is -1.91. The van der Waals surface area contributed by atoms with Gasteiger partial charge in [-0.25, -0.2) is 9.78 Å². The molecule has 20 heavy (non-hydrogen) atoms. The second kappa shape index (κ2) is 6.06. The number of hydrogen-bond donors (Lipinski definition) is 2. The molecule has 0 aliphatic rings. The molecule has 0 saturated carbocycles. The highest BCUT2D eigenvalue weighted by atomic mass is 16.5. The molecule has 104 valence electrons. The van der Waals surface area contributed by atoms with Gasteiger partial charge in [-0.3, -0.25) is 0 Å². The van der Waals surface area contributed by atoms with Crippen molar-refractivity contribution >= 4 is 12.0 Å². The van der Waals surface area contributed by atoms with E-state index in [-0.39, 0.29) is 0 Å². The van der Waals surface area contributed by atoms with E-state index < -0.39 is 5.97 Å². The number of carboxylic acid groups (broad SMARTS) is 1. The number of aromatic amines is 1. The average Bonchev–Trinajstić information content (AvgIpc) is 2.78. The smallest absolute Gasteiger partial charge is 0.328 e. The normalized spacial score (nSPS) is 10.9. The summed E-state index contributed by atoms with van der Waals surface area (Å²) in [6.07, 6.45) is 2.55. The number of hydrogen-bond acceptors (Lipinski definition) is 3. The van der Waals surface area contributed by atoms with Gasteiger partial charge in [-0.1, -0.05) is 12.1 Å². The largest absolute Gasteiger partial charge is 0.494 e. The highest BCUT2D eigenvalue weighted by molar-refractivity contribution is 5.85. The first-order valence-corrected chi connectivity index (χ1v) is 6.31. The summed E-state index contributed by atoms with van der Waals surface area (Å²) >= 11 is 0. The minimum Gasteiger partial charge on any atom is -0.494 e. The van der Waals surface area contributed by atoms with Crippen molar-refractivity contribution in [3.8, 4) is 17.1 Å². The Bertz CT molecular complexity index is 644. The summed E-state index contributed by atoms with van der Waals surface area (Å²) in [5.74, 6) is 0.475. The zero-order chi connectivity index (χ0) is 14.5. The molecule has 2 aromatic rings. The van der Waals surface area contributed by atoms with Gasteiger partial charge < -0.3 is 14.8 Å². The van der Waals surface area contributed by atoms with Crippen molar-refractivity contribution in [1.82, 2.24) is 9.97 Å². The molecular formula is C15H16N2O3. The number of H-pyrrole nitrogens is 1. The molecule has 5 heteroatoms. The SMILES string of the molecule is CCOc1cccc(-c2nc(/C=C/C(=O)O)c(C)[nH]2)c1. The molecule has 0 spiro atoms. The summed E-state index contributed by atoms with van der Waals surface area (Å²) in [5.41, 5.74) is 2.33. The van der Waals surface area contributed by atoms with Crippen molar-refractivity contribution in [2.45, 2.75) is 13.8 Å². The summed E-state index contributed by atoms with van der Waals surface area (Å²) in [6, 6.07) is 7.59. The van der Waals surface area contributed by atoms with Gasteiger partial charge in [0, 0.05) is 17.3 Å². The van der Waals surface area contributed by atoms with Crippen LogP contribution in [-0.2, 0) is 4.79 Å². The molecule has 0 bridgehead atoms. The van der Waals surface area contributed by atoms with Gasteiger partial charge in [0.25, 0.3) is 0 Å². The number of nitrogens with one attached hydrogen (secondary N) is 1. The number of aliphatic carboxylic acids is 1. The van der Waals surface area contributed by atoms with E-state index in [2.05, 4.69) is 9.97 Å². The first-order chi connectivity index (χ1) is 9.60. The molecule has 0 radical (unpaired) electrons. The van der Waals surface area contributed by atoms with E-state index in [0.29, 0.717) is 18.1 Å². The van der Waals surface area contributed by atoms with Crippen LogP contribution in [0.3, 0.4) is 0 Å². The van der Waals surface area contributed by atoms with Crippen molar-refractivity contribution in [1.29, 1.82) is 0 Å². The number of rotatable bonds is 5. The number of carbonyl (C=O) groups is 1. The van der Waals surface area contributed by atoms with Crippen LogP contribution in [0.15, 0.2) is 30.3 Å². The average molecular weight is 272 g/mol. The van der Waals surface area contributed by atoms with Gasteiger partial charge in [0.05, 0.1) is 12.3 Å². The Morgan fingerprint density at radius 3 is 3.00 bits per heavy atom. The van der Waals surface area contributed by atoms with Crippen LogP contribution in [0.25, 0.3) is 17.5 Å². The third-order valence-electron chi connectivity index (χ3n) is 2.72. The summed E-state index contributed by atoms with van der Waals surface area (Å²) in [7, 11) is 0. The fraction of sp³-hybridized carbons (Fsp3) is 0.200. The summed E-state index contributed by atoms with van der Waals surface area (Å²) in [4.78, 5) is 18.1. The van der Waals surface area contributed by atoms with Gasteiger partial charge in [0.2, 0.25) is 0 Å². The van der Waals surface area contributed by atoms with Crippen molar-refractivity contribution in [2.24, 2.45) is 0 Å². The predicted octanol–water partition coefficient (Wildman–Crippen LogP) is 2.88. The molecule has 0 aliphatic carbocycles. The fourth-order valence-electron chi connectivity index (χ4n) is 1.82. The molecule has 0 unspecified atom stereocenters. The first-order valence-electron chi connectivity index (χ1n) is 6.31. The van der Waals surface area contributed by atoms with Gasteiger partial charge >= 0.3 is 5.97 Å². The Kier molecular flexibility index (Phi) is 4.20. The third-order valence-corrected chi connectivity index (χ3v) is 2.72. The van der Waals surface area contributed by atoms with Crippen LogP contribution >= 0.6 is 0 Å². The Labute approximate surface area is 116 Å². The number of benzene rings is 1. The lowest BCUT2D eigenvalue weighted by molar-refractivity contribution is -0.131. The molecular weight excluding hydrogens is 256 g/mol. The van der Waals surface area contributed by atoms with Gasteiger partial charge in [-0.05, 0) is 32.1 Å². The van der Waals surface area contributed by atoms with E-state index in [4.69, 9.17) is 9.84 Å². The number of ether oxygens (including phenoxy) is 1. The Morgan fingerprint density at radius 2 is 2.30 bits per heavy atom. The maximum Gasteiger partial charge on any atom is 0.328 e. The minimum atomic E-state index is -0.993. The van der Waals surface area contributed by atoms with Crippen LogP contribution in [-0.4, -0.2) is 27.7 Å². The van der Waals surface area contributed by atoms with E-state index in [1.54, 1.807) is 0 Å². The van der Waals surface area contributed by atoms with Crippen LogP contribution in [0.1, 0.15) is 18.3 Å².